The van der Waals surface area contributed by atoms with E-state index >= 15 is 0 Å². The molecule has 1 unspecified atom stereocenters. The molecule has 1 aliphatic heterocycles. The summed E-state index contributed by atoms with van der Waals surface area (Å²) in [5.41, 5.74) is 1.47. The molecule has 82 valence electrons. The predicted octanol–water partition coefficient (Wildman–Crippen LogP) is 1.51. The van der Waals surface area contributed by atoms with Crippen LogP contribution in [0.15, 0.2) is 24.3 Å². The number of anilines is 1. The van der Waals surface area contributed by atoms with E-state index in [-0.39, 0.29) is 17.6 Å². The van der Waals surface area contributed by atoms with Gasteiger partial charge in [-0.3, -0.25) is 9.59 Å². The second kappa shape index (κ2) is 2.73. The molecule has 0 bridgehead atoms. The van der Waals surface area contributed by atoms with E-state index in [1.807, 2.05) is 24.3 Å². The summed E-state index contributed by atoms with van der Waals surface area (Å²) in [6.45, 7) is 1.58. The van der Waals surface area contributed by atoms with E-state index in [4.69, 9.17) is 0 Å². The van der Waals surface area contributed by atoms with Gasteiger partial charge in [0.1, 0.15) is 5.78 Å². The number of amides is 1. The smallest absolute Gasteiger partial charge is 0.238 e. The maximum Gasteiger partial charge on any atom is 0.238 e. The fourth-order valence-corrected chi connectivity index (χ4v) is 2.96. The number of hydrogen-bond acceptors (Lipinski definition) is 2. The Morgan fingerprint density at radius 3 is 2.75 bits per heavy atom. The molecule has 1 aliphatic carbocycles. The van der Waals surface area contributed by atoms with Crippen molar-refractivity contribution in [3.63, 3.8) is 0 Å². The third-order valence-corrected chi connectivity index (χ3v) is 3.88. The molecule has 2 atom stereocenters. The highest BCUT2D eigenvalue weighted by Crippen LogP contribution is 2.61. The van der Waals surface area contributed by atoms with Crippen LogP contribution in [-0.2, 0) is 15.0 Å². The summed E-state index contributed by atoms with van der Waals surface area (Å²) >= 11 is 0. The van der Waals surface area contributed by atoms with Gasteiger partial charge in [-0.2, -0.15) is 0 Å². The number of carbonyl (C=O) groups excluding carboxylic acids is 2. The Morgan fingerprint density at radius 2 is 2.12 bits per heavy atom. The highest BCUT2D eigenvalue weighted by Gasteiger charge is 2.67. The Morgan fingerprint density at radius 1 is 1.44 bits per heavy atom. The number of likely N-dealkylation sites (N-methyl/N-ethyl adjacent to an activating group) is 1. The predicted molar refractivity (Wildman–Crippen MR) is 60.3 cm³/mol. The van der Waals surface area contributed by atoms with Crippen LogP contribution in [0.1, 0.15) is 18.9 Å². The van der Waals surface area contributed by atoms with Crippen molar-refractivity contribution >= 4 is 17.4 Å². The standard InChI is InChI=1S/C13H13NO2/c1-8(15)10-7-13(10)9-5-3-4-6-11(9)14(2)12(13)16/h3-6,10H,7H2,1-2H3/t10?,13-/m1/s1. The van der Waals surface area contributed by atoms with Gasteiger partial charge in [0, 0.05) is 18.7 Å². The van der Waals surface area contributed by atoms with Gasteiger partial charge in [-0.15, -0.1) is 0 Å². The van der Waals surface area contributed by atoms with Gasteiger partial charge < -0.3 is 4.90 Å². The molecule has 0 radical (unpaired) electrons. The molecule has 0 saturated heterocycles. The van der Waals surface area contributed by atoms with E-state index in [0.717, 1.165) is 11.3 Å². The minimum atomic E-state index is -0.517. The van der Waals surface area contributed by atoms with Gasteiger partial charge in [0.25, 0.3) is 0 Å². The summed E-state index contributed by atoms with van der Waals surface area (Å²) in [5, 5.41) is 0. The second-order valence-corrected chi connectivity index (χ2v) is 4.72. The molecule has 0 N–H and O–H groups in total. The summed E-state index contributed by atoms with van der Waals surface area (Å²) in [5.74, 6) is 0.0958. The lowest BCUT2D eigenvalue weighted by molar-refractivity contribution is -0.124. The van der Waals surface area contributed by atoms with Gasteiger partial charge in [-0.25, -0.2) is 0 Å². The lowest BCUT2D eigenvalue weighted by atomic mass is 9.94. The molecule has 3 heteroatoms. The molecule has 1 heterocycles. The van der Waals surface area contributed by atoms with Gasteiger partial charge in [0.05, 0.1) is 5.41 Å². The Labute approximate surface area is 94.1 Å². The first kappa shape index (κ1) is 9.58. The quantitative estimate of drug-likeness (QED) is 0.712. The van der Waals surface area contributed by atoms with E-state index in [2.05, 4.69) is 0 Å². The molecule has 2 aliphatic rings. The van der Waals surface area contributed by atoms with Crippen LogP contribution in [0.2, 0.25) is 0 Å². The molecule has 1 spiro atoms. The van der Waals surface area contributed by atoms with Crippen LogP contribution >= 0.6 is 0 Å². The van der Waals surface area contributed by atoms with Crippen molar-refractivity contribution in [1.29, 1.82) is 0 Å². The van der Waals surface area contributed by atoms with Crippen molar-refractivity contribution in [3.8, 4) is 0 Å². The average molecular weight is 215 g/mol. The fourth-order valence-electron chi connectivity index (χ4n) is 2.96. The van der Waals surface area contributed by atoms with Crippen LogP contribution in [0.3, 0.4) is 0 Å². The first-order valence-corrected chi connectivity index (χ1v) is 5.47. The van der Waals surface area contributed by atoms with Gasteiger partial charge in [-0.1, -0.05) is 18.2 Å². The minimum absolute atomic E-state index is 0.0777. The van der Waals surface area contributed by atoms with Crippen LogP contribution in [0.25, 0.3) is 0 Å². The monoisotopic (exact) mass is 215 g/mol. The number of nitrogens with zero attached hydrogens (tertiary/aromatic N) is 1. The lowest BCUT2D eigenvalue weighted by Crippen LogP contribution is -2.30. The van der Waals surface area contributed by atoms with Crippen molar-refractivity contribution in [2.45, 2.75) is 18.8 Å². The number of benzene rings is 1. The molecule has 1 amide bonds. The van der Waals surface area contributed by atoms with Gasteiger partial charge in [0.2, 0.25) is 5.91 Å². The Hall–Kier alpha value is -1.64. The summed E-state index contributed by atoms with van der Waals surface area (Å²) < 4.78 is 0. The molecule has 3 nitrogen and oxygen atoms in total. The van der Waals surface area contributed by atoms with Crippen LogP contribution in [-0.4, -0.2) is 18.7 Å². The third kappa shape index (κ3) is 0.889. The Balaban J connectivity index is 2.17. The fraction of sp³-hybridized carbons (Fsp3) is 0.385. The minimum Gasteiger partial charge on any atom is -0.314 e. The molecule has 1 aromatic carbocycles. The van der Waals surface area contributed by atoms with E-state index in [1.165, 1.54) is 0 Å². The maximum absolute atomic E-state index is 12.2. The number of carbonyl (C=O) groups is 2. The highest BCUT2D eigenvalue weighted by molar-refractivity contribution is 6.13. The van der Waals surface area contributed by atoms with E-state index < -0.39 is 5.41 Å². The number of fused-ring (bicyclic) bond motifs is 2. The molecular formula is C13H13NO2. The Kier molecular flexibility index (Phi) is 1.63. The molecular weight excluding hydrogens is 202 g/mol. The lowest BCUT2D eigenvalue weighted by Gasteiger charge is -2.10. The van der Waals surface area contributed by atoms with Gasteiger partial charge in [0.15, 0.2) is 0 Å². The van der Waals surface area contributed by atoms with Crippen molar-refractivity contribution in [3.05, 3.63) is 29.8 Å². The van der Waals surface area contributed by atoms with Crippen molar-refractivity contribution in [2.24, 2.45) is 5.92 Å². The van der Waals surface area contributed by atoms with Crippen LogP contribution in [0.4, 0.5) is 5.69 Å². The summed E-state index contributed by atoms with van der Waals surface area (Å²) in [6, 6.07) is 7.77. The van der Waals surface area contributed by atoms with E-state index in [9.17, 15) is 9.59 Å². The van der Waals surface area contributed by atoms with Crippen molar-refractivity contribution < 1.29 is 9.59 Å². The summed E-state index contributed by atoms with van der Waals surface area (Å²) in [6.07, 6.45) is 0.683. The normalized spacial score (nSPS) is 30.8. The number of ketones is 1. The molecule has 1 saturated carbocycles. The van der Waals surface area contributed by atoms with Gasteiger partial charge in [-0.05, 0) is 25.0 Å². The zero-order chi connectivity index (χ0) is 11.5. The second-order valence-electron chi connectivity index (χ2n) is 4.72. The number of rotatable bonds is 1. The SMILES string of the molecule is CC(=O)C1C[C@]12C(=O)N(C)c1ccccc12. The van der Waals surface area contributed by atoms with Gasteiger partial charge >= 0.3 is 0 Å². The highest BCUT2D eigenvalue weighted by atomic mass is 16.2. The average Bonchev–Trinajstić information content (AvgIpc) is 2.99. The third-order valence-electron chi connectivity index (χ3n) is 3.88. The molecule has 1 aromatic rings. The molecule has 16 heavy (non-hydrogen) atoms. The van der Waals surface area contributed by atoms with Crippen molar-refractivity contribution in [2.75, 3.05) is 11.9 Å². The first-order chi connectivity index (χ1) is 7.59. The Bertz CT molecular complexity index is 508. The van der Waals surface area contributed by atoms with E-state index in [0.29, 0.717) is 6.42 Å². The zero-order valence-electron chi connectivity index (χ0n) is 9.36. The van der Waals surface area contributed by atoms with Crippen LogP contribution in [0, 0.1) is 5.92 Å². The van der Waals surface area contributed by atoms with Crippen molar-refractivity contribution in [1.82, 2.24) is 0 Å². The number of para-hydroxylation sites is 1. The van der Waals surface area contributed by atoms with Crippen LogP contribution < -0.4 is 4.90 Å². The summed E-state index contributed by atoms with van der Waals surface area (Å²) in [4.78, 5) is 25.4. The molecule has 3 rings (SSSR count). The maximum atomic E-state index is 12.2. The van der Waals surface area contributed by atoms with E-state index in [1.54, 1.807) is 18.9 Å². The zero-order valence-corrected chi connectivity index (χ0v) is 9.36. The number of Topliss-reactive ketones (excluding diaryl/α,β-unsaturated/α-hetero) is 1. The number of hydrogen-bond donors (Lipinski definition) is 0. The van der Waals surface area contributed by atoms with Crippen LogP contribution in [0.5, 0.6) is 0 Å². The summed E-state index contributed by atoms with van der Waals surface area (Å²) in [7, 11) is 1.78. The first-order valence-electron chi connectivity index (χ1n) is 5.47. The largest absolute Gasteiger partial charge is 0.314 e. The molecule has 0 aromatic heterocycles. The molecule has 1 fully saturated rings. The topological polar surface area (TPSA) is 37.4 Å².